The van der Waals surface area contributed by atoms with Crippen LogP contribution in [-0.4, -0.2) is 43.0 Å². The number of ether oxygens (including phenoxy) is 1. The van der Waals surface area contributed by atoms with Gasteiger partial charge in [-0.2, -0.15) is 0 Å². The molecule has 0 aromatic heterocycles. The van der Waals surface area contributed by atoms with Gasteiger partial charge in [0.15, 0.2) is 5.54 Å². The lowest BCUT2D eigenvalue weighted by Crippen LogP contribution is -2.47. The van der Waals surface area contributed by atoms with Crippen molar-refractivity contribution in [1.82, 2.24) is 4.90 Å². The molecule has 9 heteroatoms. The van der Waals surface area contributed by atoms with Crippen LogP contribution in [0.3, 0.4) is 0 Å². The van der Waals surface area contributed by atoms with E-state index in [0.29, 0.717) is 53.3 Å². The number of hydrogen-bond donors (Lipinski definition) is 2. The Hall–Kier alpha value is -2.58. The molecule has 2 amide bonds. The van der Waals surface area contributed by atoms with Crippen LogP contribution in [0.1, 0.15) is 34.3 Å². The molecule has 0 radical (unpaired) electrons. The Labute approximate surface area is 228 Å². The van der Waals surface area contributed by atoms with Crippen LogP contribution in [-0.2, 0) is 15.1 Å². The summed E-state index contributed by atoms with van der Waals surface area (Å²) >= 11 is 16.1. The maximum Gasteiger partial charge on any atom is 0.256 e. The second kappa shape index (κ2) is 10.1. The van der Waals surface area contributed by atoms with Crippen molar-refractivity contribution in [3.8, 4) is 0 Å². The highest BCUT2D eigenvalue weighted by Crippen LogP contribution is 2.49. The van der Waals surface area contributed by atoms with Crippen LogP contribution in [0.4, 0.5) is 11.4 Å². The number of carbonyl (C=O) groups is 2. The van der Waals surface area contributed by atoms with Crippen molar-refractivity contribution < 1.29 is 14.3 Å². The summed E-state index contributed by atoms with van der Waals surface area (Å²) in [6.45, 7) is 4.00. The molecule has 6 nitrogen and oxygen atoms in total. The number of amides is 2. The minimum absolute atomic E-state index is 0.117. The third kappa shape index (κ3) is 4.50. The molecule has 2 aliphatic heterocycles. The Kier molecular flexibility index (Phi) is 7.01. The molecule has 3 aromatic rings. The molecule has 2 aliphatic rings. The van der Waals surface area contributed by atoms with Crippen LogP contribution in [0.2, 0.25) is 10.0 Å². The Balaban J connectivity index is 1.65. The van der Waals surface area contributed by atoms with Gasteiger partial charge in [-0.05, 0) is 48.0 Å². The van der Waals surface area contributed by atoms with E-state index in [4.69, 9.17) is 27.9 Å². The van der Waals surface area contributed by atoms with Gasteiger partial charge in [0.05, 0.1) is 18.8 Å². The normalized spacial score (nSPS) is 20.0. The number of nitrogens with one attached hydrogen (secondary N) is 2. The summed E-state index contributed by atoms with van der Waals surface area (Å²) in [6, 6.07) is 18.3. The molecule has 186 valence electrons. The zero-order valence-electron chi connectivity index (χ0n) is 19.5. The molecular formula is C27H24BrCl2N3O3. The largest absolute Gasteiger partial charge is 0.378 e. The number of hydrogen-bond acceptors (Lipinski definition) is 4. The van der Waals surface area contributed by atoms with Crippen LogP contribution in [0, 0.1) is 0 Å². The smallest absolute Gasteiger partial charge is 0.256 e. The predicted molar refractivity (Wildman–Crippen MR) is 146 cm³/mol. The molecule has 2 N–H and O–H groups in total. The lowest BCUT2D eigenvalue weighted by atomic mass is 9.75. The minimum Gasteiger partial charge on any atom is -0.378 e. The van der Waals surface area contributed by atoms with Crippen molar-refractivity contribution in [3.63, 3.8) is 0 Å². The second-order valence-electron chi connectivity index (χ2n) is 8.95. The number of nitrogens with zero attached hydrogens (tertiary/aromatic N) is 1. The first-order valence-corrected chi connectivity index (χ1v) is 13.2. The van der Waals surface area contributed by atoms with E-state index in [2.05, 4.69) is 26.6 Å². The lowest BCUT2D eigenvalue weighted by Gasteiger charge is -2.37. The van der Waals surface area contributed by atoms with E-state index >= 15 is 0 Å². The number of halogens is 3. The van der Waals surface area contributed by atoms with Gasteiger partial charge in [0.25, 0.3) is 11.8 Å². The van der Waals surface area contributed by atoms with E-state index < -0.39 is 5.54 Å². The standard InChI is InChI=1S/C27H24BrCl2N3O3/c1-16(17-3-2-4-19(29)13-17)27(22-8-6-20(30)15-24(22)31-26(27)35)32-23-14-18(28)5-7-21(23)25(34)33-9-11-36-12-10-33/h2-8,13-16,32H,9-12H2,1H3,(H,31,35). The first-order chi connectivity index (χ1) is 17.3. The number of benzene rings is 3. The number of fused-ring (bicyclic) bond motifs is 1. The maximum atomic E-state index is 13.9. The fourth-order valence-corrected chi connectivity index (χ4v) is 5.68. The predicted octanol–water partition coefficient (Wildman–Crippen LogP) is 6.29. The molecule has 1 fully saturated rings. The van der Waals surface area contributed by atoms with E-state index in [1.54, 1.807) is 29.2 Å². The zero-order chi connectivity index (χ0) is 25.4. The lowest BCUT2D eigenvalue weighted by molar-refractivity contribution is -0.120. The van der Waals surface area contributed by atoms with Gasteiger partial charge in [-0.3, -0.25) is 9.59 Å². The monoisotopic (exact) mass is 587 g/mol. The van der Waals surface area contributed by atoms with Crippen molar-refractivity contribution in [3.05, 3.63) is 91.9 Å². The number of anilines is 2. The fourth-order valence-electron chi connectivity index (χ4n) is 4.95. The molecule has 1 saturated heterocycles. The summed E-state index contributed by atoms with van der Waals surface area (Å²) in [5.41, 5.74) is 2.05. The van der Waals surface area contributed by atoms with Crippen molar-refractivity contribution in [2.75, 3.05) is 36.9 Å². The summed E-state index contributed by atoms with van der Waals surface area (Å²) < 4.78 is 6.20. The molecule has 0 spiro atoms. The van der Waals surface area contributed by atoms with Gasteiger partial charge < -0.3 is 20.3 Å². The van der Waals surface area contributed by atoms with Crippen molar-refractivity contribution in [2.45, 2.75) is 18.4 Å². The Morgan fingerprint density at radius 2 is 1.83 bits per heavy atom. The SMILES string of the molecule is CC(c1cccc(Cl)c1)C1(Nc2cc(Br)ccc2C(=O)N2CCOCC2)C(=O)Nc2cc(Cl)ccc21. The number of morpholine rings is 1. The van der Waals surface area contributed by atoms with Crippen LogP contribution in [0.15, 0.2) is 65.1 Å². The summed E-state index contributed by atoms with van der Waals surface area (Å²) in [7, 11) is 0. The van der Waals surface area contributed by atoms with Gasteiger partial charge in [-0.15, -0.1) is 0 Å². The number of carbonyl (C=O) groups excluding carboxylic acids is 2. The second-order valence-corrected chi connectivity index (χ2v) is 10.7. The highest BCUT2D eigenvalue weighted by atomic mass is 79.9. The molecule has 5 rings (SSSR count). The molecule has 3 aromatic carbocycles. The van der Waals surface area contributed by atoms with Gasteiger partial charge >= 0.3 is 0 Å². The maximum absolute atomic E-state index is 13.9. The molecule has 0 saturated carbocycles. The van der Waals surface area contributed by atoms with E-state index in [0.717, 1.165) is 15.6 Å². The van der Waals surface area contributed by atoms with Crippen LogP contribution in [0.5, 0.6) is 0 Å². The van der Waals surface area contributed by atoms with E-state index in [1.165, 1.54) is 0 Å². The molecular weight excluding hydrogens is 565 g/mol. The van der Waals surface area contributed by atoms with Gasteiger partial charge in [-0.25, -0.2) is 0 Å². The molecule has 2 heterocycles. The topological polar surface area (TPSA) is 70.7 Å². The Morgan fingerprint density at radius 3 is 2.58 bits per heavy atom. The molecule has 0 bridgehead atoms. The van der Waals surface area contributed by atoms with Crippen LogP contribution >= 0.6 is 39.1 Å². The van der Waals surface area contributed by atoms with Gasteiger partial charge in [0.1, 0.15) is 0 Å². The average Bonchev–Trinajstić information content (AvgIpc) is 3.14. The van der Waals surface area contributed by atoms with Gasteiger partial charge in [-0.1, -0.05) is 64.3 Å². The van der Waals surface area contributed by atoms with Gasteiger partial charge in [0.2, 0.25) is 0 Å². The molecule has 2 atom stereocenters. The van der Waals surface area contributed by atoms with Crippen LogP contribution in [0.25, 0.3) is 0 Å². The average molecular weight is 589 g/mol. The summed E-state index contributed by atoms with van der Waals surface area (Å²) in [6.07, 6.45) is 0. The summed E-state index contributed by atoms with van der Waals surface area (Å²) in [4.78, 5) is 29.2. The quantitative estimate of drug-likeness (QED) is 0.367. The zero-order valence-corrected chi connectivity index (χ0v) is 22.6. The summed E-state index contributed by atoms with van der Waals surface area (Å²) in [5, 5.41) is 7.62. The summed E-state index contributed by atoms with van der Waals surface area (Å²) in [5.74, 6) is -0.713. The van der Waals surface area contributed by atoms with Crippen molar-refractivity contribution in [1.29, 1.82) is 0 Å². The molecule has 36 heavy (non-hydrogen) atoms. The highest BCUT2D eigenvalue weighted by Gasteiger charge is 2.52. The molecule has 0 aliphatic carbocycles. The van der Waals surface area contributed by atoms with E-state index in [1.807, 2.05) is 43.3 Å². The van der Waals surface area contributed by atoms with Crippen LogP contribution < -0.4 is 10.6 Å². The highest BCUT2D eigenvalue weighted by molar-refractivity contribution is 9.10. The first kappa shape index (κ1) is 25.1. The Bertz CT molecular complexity index is 1350. The van der Waals surface area contributed by atoms with Crippen molar-refractivity contribution >= 4 is 62.3 Å². The fraction of sp³-hybridized carbons (Fsp3) is 0.259. The van der Waals surface area contributed by atoms with Gasteiger partial charge in [0, 0.05) is 50.5 Å². The van der Waals surface area contributed by atoms with E-state index in [-0.39, 0.29) is 17.7 Å². The van der Waals surface area contributed by atoms with E-state index in [9.17, 15) is 9.59 Å². The first-order valence-electron chi connectivity index (χ1n) is 11.6. The number of rotatable bonds is 5. The third-order valence-electron chi connectivity index (χ3n) is 6.85. The Morgan fingerprint density at radius 1 is 1.08 bits per heavy atom. The minimum atomic E-state index is -1.23. The van der Waals surface area contributed by atoms with Crippen molar-refractivity contribution in [2.24, 2.45) is 0 Å². The third-order valence-corrected chi connectivity index (χ3v) is 7.82. The molecule has 2 unspecified atom stereocenters.